The third kappa shape index (κ3) is 10.3. The Balaban J connectivity index is 1.63. The number of halogens is 1. The number of imide groups is 1. The number of fused-ring (bicyclic) bond motifs is 1. The van der Waals surface area contributed by atoms with Crippen LogP contribution in [0.3, 0.4) is 0 Å². The molecule has 1 aromatic carbocycles. The van der Waals surface area contributed by atoms with Gasteiger partial charge in [0.15, 0.2) is 11.9 Å². The van der Waals surface area contributed by atoms with Crippen molar-refractivity contribution in [2.75, 3.05) is 33.9 Å². The molecular formula is C46H70ClN3O13. The lowest BCUT2D eigenvalue weighted by Gasteiger charge is -2.48. The SMILES string of the molecule is CC[C@H]1OC(=O)[C@H](C)[C@@H](OC(=O)N2C(=O)OCC2(C)C)[C@H](C)[C@@H](O[C@@H]2O[C@H](C)C[C@H](N(C)CC)[C@H]2O)[C@@](C)(OC)C[C@@H](C)C(=O)[C@@H](C)[C@H]2N(CCc3ccc(Cl)cc3)C(=O)O[C@]12C. The summed E-state index contributed by atoms with van der Waals surface area (Å²) >= 11 is 6.15. The molecule has 4 saturated heterocycles. The molecule has 0 unspecified atom stereocenters. The van der Waals surface area contributed by atoms with Gasteiger partial charge in [-0.05, 0) is 98.5 Å². The number of ether oxygens (including phenoxy) is 7. The summed E-state index contributed by atoms with van der Waals surface area (Å²) in [5, 5.41) is 12.4. The first kappa shape index (κ1) is 50.5. The molecule has 0 aliphatic carbocycles. The third-order valence-corrected chi connectivity index (χ3v) is 14.3. The normalized spacial score (nSPS) is 37.8. The molecule has 0 bridgehead atoms. The Hall–Kier alpha value is -3.54. The summed E-state index contributed by atoms with van der Waals surface area (Å²) in [6.07, 6.45) is -7.59. The maximum Gasteiger partial charge on any atom is 0.420 e. The molecule has 4 aliphatic rings. The van der Waals surface area contributed by atoms with Crippen molar-refractivity contribution in [2.45, 2.75) is 167 Å². The third-order valence-electron chi connectivity index (χ3n) is 14.1. The van der Waals surface area contributed by atoms with Gasteiger partial charge in [0.25, 0.3) is 0 Å². The summed E-state index contributed by atoms with van der Waals surface area (Å²) in [5.74, 6) is -4.70. The Morgan fingerprint density at radius 1 is 0.984 bits per heavy atom. The smallest absolute Gasteiger partial charge is 0.420 e. The summed E-state index contributed by atoms with van der Waals surface area (Å²) in [6, 6.07) is 6.06. The van der Waals surface area contributed by atoms with Crippen LogP contribution in [0.1, 0.15) is 101 Å². The van der Waals surface area contributed by atoms with E-state index in [1.807, 2.05) is 37.9 Å². The molecule has 63 heavy (non-hydrogen) atoms. The summed E-state index contributed by atoms with van der Waals surface area (Å²) in [7, 11) is 3.39. The number of methoxy groups -OCH3 is 1. The summed E-state index contributed by atoms with van der Waals surface area (Å²) < 4.78 is 43.6. The van der Waals surface area contributed by atoms with Crippen molar-refractivity contribution in [3.05, 3.63) is 34.9 Å². The van der Waals surface area contributed by atoms with Gasteiger partial charge in [-0.3, -0.25) is 14.5 Å². The number of esters is 1. The summed E-state index contributed by atoms with van der Waals surface area (Å²) in [4.78, 5) is 75.3. The fraction of sp³-hybridized carbons (Fsp3) is 0.761. The number of benzene rings is 1. The quantitative estimate of drug-likeness (QED) is 0.195. The summed E-state index contributed by atoms with van der Waals surface area (Å²) in [5.41, 5.74) is -3.03. The van der Waals surface area contributed by atoms with Crippen molar-refractivity contribution < 1.29 is 62.2 Å². The van der Waals surface area contributed by atoms with Crippen LogP contribution >= 0.6 is 11.6 Å². The number of aliphatic hydroxyl groups is 1. The minimum Gasteiger partial charge on any atom is -0.458 e. The highest BCUT2D eigenvalue weighted by Crippen LogP contribution is 2.44. The van der Waals surface area contributed by atoms with E-state index < -0.39 is 101 Å². The van der Waals surface area contributed by atoms with Crippen LogP contribution in [0, 0.1) is 23.7 Å². The van der Waals surface area contributed by atoms with E-state index in [9.17, 15) is 29.1 Å². The first-order valence-electron chi connectivity index (χ1n) is 22.3. The van der Waals surface area contributed by atoms with Crippen LogP contribution in [-0.4, -0.2) is 149 Å². The maximum absolute atomic E-state index is 15.0. The number of hydrogen-bond donors (Lipinski definition) is 1. The van der Waals surface area contributed by atoms with Crippen LogP contribution in [0.2, 0.25) is 5.02 Å². The molecule has 1 N–H and O–H groups in total. The first-order valence-corrected chi connectivity index (χ1v) is 22.7. The topological polar surface area (TPSA) is 180 Å². The van der Waals surface area contributed by atoms with Crippen molar-refractivity contribution in [2.24, 2.45) is 23.7 Å². The van der Waals surface area contributed by atoms with Gasteiger partial charge in [0.1, 0.15) is 30.7 Å². The molecular weight excluding hydrogens is 838 g/mol. The lowest BCUT2D eigenvalue weighted by atomic mass is 9.73. The van der Waals surface area contributed by atoms with Crippen LogP contribution in [-0.2, 0) is 49.2 Å². The molecule has 5 rings (SSSR count). The predicted octanol–water partition coefficient (Wildman–Crippen LogP) is 6.64. The van der Waals surface area contributed by atoms with Crippen molar-refractivity contribution >= 4 is 41.6 Å². The minimum absolute atomic E-state index is 0.0591. The van der Waals surface area contributed by atoms with Crippen molar-refractivity contribution in [1.29, 1.82) is 0 Å². The Bertz CT molecular complexity index is 1820. The zero-order valence-electron chi connectivity index (χ0n) is 39.3. The Morgan fingerprint density at radius 3 is 2.21 bits per heavy atom. The van der Waals surface area contributed by atoms with Crippen LogP contribution in [0.4, 0.5) is 14.4 Å². The molecule has 4 fully saturated rings. The average molecular weight is 909 g/mol. The molecule has 1 aromatic rings. The number of likely N-dealkylation sites (N-methyl/N-ethyl adjacent to an activating group) is 1. The number of carbonyl (C=O) groups excluding carboxylic acids is 5. The zero-order valence-corrected chi connectivity index (χ0v) is 40.0. The molecule has 0 aromatic heterocycles. The van der Waals surface area contributed by atoms with Gasteiger partial charge in [0, 0.05) is 42.5 Å². The summed E-state index contributed by atoms with van der Waals surface area (Å²) in [6.45, 7) is 20.0. The van der Waals surface area contributed by atoms with Gasteiger partial charge in [0.05, 0.1) is 35.3 Å². The minimum atomic E-state index is -1.50. The highest BCUT2D eigenvalue weighted by molar-refractivity contribution is 6.30. The second-order valence-electron chi connectivity index (χ2n) is 19.2. The number of nitrogens with zero attached hydrogens (tertiary/aromatic N) is 3. The monoisotopic (exact) mass is 907 g/mol. The van der Waals surface area contributed by atoms with E-state index in [2.05, 4.69) is 0 Å². The molecule has 0 radical (unpaired) electrons. The van der Waals surface area contributed by atoms with Gasteiger partial charge >= 0.3 is 24.2 Å². The standard InChI is InChI=1S/C46H70ClN3O13/c1-14-33-46(11)37(49(41(54)63-46)21-20-30-16-18-31(47)19-17-30)27(5)34(51)25(3)23-45(10,57-13)38(62-40-35(52)32(48(12)15-2)22-26(4)59-40)28(6)36(29(7)39(53)60-33)61-43(56)50-42(55)58-24-44(50,8)9/h16-19,25-29,32-33,35-38,40,52H,14-15,20-24H2,1-13H3/t25-,26-,27-,28+,29-,32+,33-,35-,36+,37-,38-,40+,45+,46-/m1/s1. The lowest BCUT2D eigenvalue weighted by Crippen LogP contribution is -2.61. The number of rotatable bonds is 10. The molecule has 4 heterocycles. The number of Topliss-reactive ketones (excluding diaryl/α,β-unsaturated/α-hetero) is 1. The number of hydrogen-bond acceptors (Lipinski definition) is 14. The molecule has 3 amide bonds. The van der Waals surface area contributed by atoms with E-state index in [-0.39, 0.29) is 43.9 Å². The van der Waals surface area contributed by atoms with Crippen molar-refractivity contribution in [3.63, 3.8) is 0 Å². The molecule has 14 atom stereocenters. The van der Waals surface area contributed by atoms with E-state index in [4.69, 9.17) is 44.8 Å². The second-order valence-corrected chi connectivity index (χ2v) is 19.6. The van der Waals surface area contributed by atoms with Gasteiger partial charge in [-0.2, -0.15) is 0 Å². The highest BCUT2D eigenvalue weighted by atomic mass is 35.5. The maximum atomic E-state index is 15.0. The fourth-order valence-electron chi connectivity index (χ4n) is 10.2. The predicted molar refractivity (Wildman–Crippen MR) is 232 cm³/mol. The van der Waals surface area contributed by atoms with Crippen LogP contribution in [0.25, 0.3) is 0 Å². The van der Waals surface area contributed by atoms with E-state index in [0.29, 0.717) is 24.4 Å². The van der Waals surface area contributed by atoms with Gasteiger partial charge in [-0.25, -0.2) is 19.3 Å². The van der Waals surface area contributed by atoms with Crippen LogP contribution in [0.15, 0.2) is 24.3 Å². The van der Waals surface area contributed by atoms with Gasteiger partial charge in [-0.15, -0.1) is 0 Å². The number of ketones is 1. The molecule has 4 aliphatic heterocycles. The van der Waals surface area contributed by atoms with E-state index >= 15 is 0 Å². The Morgan fingerprint density at radius 2 is 1.63 bits per heavy atom. The van der Waals surface area contributed by atoms with E-state index in [1.54, 1.807) is 79.3 Å². The van der Waals surface area contributed by atoms with Crippen LogP contribution < -0.4 is 0 Å². The average Bonchev–Trinajstić information content (AvgIpc) is 3.67. The first-order chi connectivity index (χ1) is 29.4. The Labute approximate surface area is 377 Å². The van der Waals surface area contributed by atoms with Crippen molar-refractivity contribution in [1.82, 2.24) is 14.7 Å². The molecule has 16 nitrogen and oxygen atoms in total. The van der Waals surface area contributed by atoms with Crippen molar-refractivity contribution in [3.8, 4) is 0 Å². The highest BCUT2D eigenvalue weighted by Gasteiger charge is 2.61. The van der Waals surface area contributed by atoms with Gasteiger partial charge in [-0.1, -0.05) is 58.4 Å². The molecule has 0 spiro atoms. The Kier molecular flexibility index (Phi) is 15.9. The lowest BCUT2D eigenvalue weighted by molar-refractivity contribution is -0.302. The fourth-order valence-corrected chi connectivity index (χ4v) is 10.3. The molecule has 0 saturated carbocycles. The largest absolute Gasteiger partial charge is 0.458 e. The van der Waals surface area contributed by atoms with Gasteiger partial charge in [0.2, 0.25) is 0 Å². The van der Waals surface area contributed by atoms with Crippen LogP contribution in [0.5, 0.6) is 0 Å². The second kappa shape index (κ2) is 19.9. The number of carbonyl (C=O) groups is 5. The number of aliphatic hydroxyl groups excluding tert-OH is 1. The van der Waals surface area contributed by atoms with E-state index in [1.165, 1.54) is 7.11 Å². The number of amides is 3. The molecule has 17 heteroatoms. The zero-order chi connectivity index (χ0) is 46.9. The number of cyclic esters (lactones) is 2. The van der Waals surface area contributed by atoms with Gasteiger partial charge < -0.3 is 43.2 Å². The molecule has 354 valence electrons. The van der Waals surface area contributed by atoms with E-state index in [0.717, 1.165) is 10.5 Å².